The van der Waals surface area contributed by atoms with Crippen molar-refractivity contribution in [3.63, 3.8) is 0 Å². The molecule has 2 nitrogen and oxygen atoms in total. The molecule has 0 aliphatic rings. The molecule has 1 aromatic carbocycles. The fraction of sp³-hybridized carbons (Fsp3) is 0.200. The number of aromatic nitrogens is 1. The maximum absolute atomic E-state index is 13.1. The molecule has 23 heavy (non-hydrogen) atoms. The van der Waals surface area contributed by atoms with Gasteiger partial charge in [0.2, 0.25) is 0 Å². The molecule has 0 radical (unpaired) electrons. The van der Waals surface area contributed by atoms with Gasteiger partial charge in [-0.1, -0.05) is 12.1 Å². The standard InChI is InChI=1S/C15H8F6N2/c16-14(17,18)11-3-1-2-10(8-11)12-9(4-6-22)5-7-23-13(12)15(19,20)21/h1-3,5,7-8H,4H2. The van der Waals surface area contributed by atoms with Crippen LogP contribution in [0.5, 0.6) is 0 Å². The first-order valence-electron chi connectivity index (χ1n) is 6.24. The van der Waals surface area contributed by atoms with Crippen LogP contribution in [0.4, 0.5) is 26.3 Å². The summed E-state index contributed by atoms with van der Waals surface area (Å²) in [5, 5.41) is 8.74. The first-order chi connectivity index (χ1) is 10.6. The zero-order chi connectivity index (χ0) is 17.3. The molecule has 0 fully saturated rings. The van der Waals surface area contributed by atoms with Crippen molar-refractivity contribution in [2.75, 3.05) is 0 Å². The normalized spacial score (nSPS) is 12.0. The van der Waals surface area contributed by atoms with Crippen LogP contribution in [-0.4, -0.2) is 4.98 Å². The van der Waals surface area contributed by atoms with Crippen molar-refractivity contribution in [3.05, 3.63) is 53.3 Å². The highest BCUT2D eigenvalue weighted by Crippen LogP contribution is 2.39. The molecule has 8 heteroatoms. The Morgan fingerprint density at radius 3 is 2.26 bits per heavy atom. The number of rotatable bonds is 2. The van der Waals surface area contributed by atoms with E-state index in [1.165, 1.54) is 6.07 Å². The third-order valence-electron chi connectivity index (χ3n) is 3.05. The van der Waals surface area contributed by atoms with Gasteiger partial charge in [-0.15, -0.1) is 0 Å². The minimum Gasteiger partial charge on any atom is -0.251 e. The van der Waals surface area contributed by atoms with Crippen molar-refractivity contribution in [3.8, 4) is 17.2 Å². The molecule has 0 bridgehead atoms. The molecule has 0 saturated carbocycles. The Kier molecular flexibility index (Phi) is 4.32. The molecule has 0 unspecified atom stereocenters. The van der Waals surface area contributed by atoms with Crippen molar-refractivity contribution < 1.29 is 26.3 Å². The SMILES string of the molecule is N#CCc1ccnc(C(F)(F)F)c1-c1cccc(C(F)(F)F)c1. The summed E-state index contributed by atoms with van der Waals surface area (Å²) in [5.41, 5.74) is -3.22. The third kappa shape index (κ3) is 3.62. The van der Waals surface area contributed by atoms with Crippen LogP contribution in [0.2, 0.25) is 0 Å². The fourth-order valence-electron chi connectivity index (χ4n) is 2.12. The molecule has 0 amide bonds. The van der Waals surface area contributed by atoms with Gasteiger partial charge in [0, 0.05) is 11.8 Å². The van der Waals surface area contributed by atoms with Gasteiger partial charge in [-0.05, 0) is 29.3 Å². The minimum absolute atomic E-state index is 0.0332. The second kappa shape index (κ2) is 5.91. The van der Waals surface area contributed by atoms with Crippen molar-refractivity contribution in [1.29, 1.82) is 5.26 Å². The number of hydrogen-bond acceptors (Lipinski definition) is 2. The van der Waals surface area contributed by atoms with E-state index in [0.29, 0.717) is 6.07 Å². The molecular weight excluding hydrogens is 322 g/mol. The molecule has 0 N–H and O–H groups in total. The van der Waals surface area contributed by atoms with Crippen LogP contribution in [0, 0.1) is 11.3 Å². The van der Waals surface area contributed by atoms with Gasteiger partial charge >= 0.3 is 12.4 Å². The Hall–Kier alpha value is -2.56. The summed E-state index contributed by atoms with van der Waals surface area (Å²) in [5.74, 6) is 0. The van der Waals surface area contributed by atoms with E-state index in [4.69, 9.17) is 5.26 Å². The number of alkyl halides is 6. The Labute approximate surface area is 127 Å². The summed E-state index contributed by atoms with van der Waals surface area (Å²) in [6.07, 6.45) is -9.04. The lowest BCUT2D eigenvalue weighted by Crippen LogP contribution is -2.12. The fourth-order valence-corrected chi connectivity index (χ4v) is 2.12. The van der Waals surface area contributed by atoms with Crippen LogP contribution in [0.1, 0.15) is 16.8 Å². The highest BCUT2D eigenvalue weighted by atomic mass is 19.4. The van der Waals surface area contributed by atoms with Crippen LogP contribution in [-0.2, 0) is 18.8 Å². The predicted molar refractivity (Wildman–Crippen MR) is 69.0 cm³/mol. The largest absolute Gasteiger partial charge is 0.433 e. The quantitative estimate of drug-likeness (QED) is 0.738. The molecular formula is C15H8F6N2. The van der Waals surface area contributed by atoms with Gasteiger partial charge in [-0.2, -0.15) is 31.6 Å². The zero-order valence-electron chi connectivity index (χ0n) is 11.3. The molecule has 2 rings (SSSR count). The average Bonchev–Trinajstić information content (AvgIpc) is 2.46. The summed E-state index contributed by atoms with van der Waals surface area (Å²) in [6.45, 7) is 0. The van der Waals surface area contributed by atoms with Gasteiger partial charge in [-0.25, -0.2) is 0 Å². The van der Waals surface area contributed by atoms with E-state index in [9.17, 15) is 26.3 Å². The van der Waals surface area contributed by atoms with Gasteiger partial charge in [-0.3, -0.25) is 4.98 Å². The first-order valence-corrected chi connectivity index (χ1v) is 6.24. The number of halogens is 6. The maximum atomic E-state index is 13.1. The number of hydrogen-bond donors (Lipinski definition) is 0. The Balaban J connectivity index is 2.74. The average molecular weight is 330 g/mol. The van der Waals surface area contributed by atoms with Gasteiger partial charge < -0.3 is 0 Å². The lowest BCUT2D eigenvalue weighted by atomic mass is 9.95. The van der Waals surface area contributed by atoms with E-state index in [2.05, 4.69) is 4.98 Å². The lowest BCUT2D eigenvalue weighted by Gasteiger charge is -2.16. The summed E-state index contributed by atoms with van der Waals surface area (Å²) < 4.78 is 77.7. The Bertz CT molecular complexity index is 756. The third-order valence-corrected chi connectivity index (χ3v) is 3.05. The summed E-state index contributed by atoms with van der Waals surface area (Å²) >= 11 is 0. The molecule has 1 aromatic heterocycles. The summed E-state index contributed by atoms with van der Waals surface area (Å²) in [4.78, 5) is 3.25. The van der Waals surface area contributed by atoms with E-state index in [1.54, 1.807) is 6.07 Å². The number of benzene rings is 1. The molecule has 0 saturated heterocycles. The van der Waals surface area contributed by atoms with E-state index in [1.807, 2.05) is 0 Å². The lowest BCUT2D eigenvalue weighted by molar-refractivity contribution is -0.140. The second-order valence-electron chi connectivity index (χ2n) is 4.60. The second-order valence-corrected chi connectivity index (χ2v) is 4.60. The number of pyridine rings is 1. The topological polar surface area (TPSA) is 36.7 Å². The predicted octanol–water partition coefficient (Wildman–Crippen LogP) is 4.85. The number of nitrogens with zero attached hydrogens (tertiary/aromatic N) is 2. The van der Waals surface area contributed by atoms with Gasteiger partial charge in [0.25, 0.3) is 0 Å². The molecule has 0 aliphatic heterocycles. The number of nitriles is 1. The van der Waals surface area contributed by atoms with Crippen molar-refractivity contribution in [2.45, 2.75) is 18.8 Å². The molecule has 0 atom stereocenters. The monoisotopic (exact) mass is 330 g/mol. The van der Waals surface area contributed by atoms with Crippen LogP contribution >= 0.6 is 0 Å². The zero-order valence-corrected chi connectivity index (χ0v) is 11.3. The van der Waals surface area contributed by atoms with Gasteiger partial charge in [0.05, 0.1) is 18.1 Å². The Morgan fingerprint density at radius 2 is 1.70 bits per heavy atom. The van der Waals surface area contributed by atoms with Crippen LogP contribution < -0.4 is 0 Å². The Morgan fingerprint density at radius 1 is 1.00 bits per heavy atom. The molecule has 0 aliphatic carbocycles. The highest BCUT2D eigenvalue weighted by molar-refractivity contribution is 5.71. The molecule has 0 spiro atoms. The van der Waals surface area contributed by atoms with Gasteiger partial charge in [0.1, 0.15) is 0 Å². The van der Waals surface area contributed by atoms with Gasteiger partial charge in [0.15, 0.2) is 5.69 Å². The molecule has 2 aromatic rings. The van der Waals surface area contributed by atoms with E-state index in [-0.39, 0.29) is 17.5 Å². The van der Waals surface area contributed by atoms with Crippen LogP contribution in [0.15, 0.2) is 36.5 Å². The van der Waals surface area contributed by atoms with Crippen LogP contribution in [0.25, 0.3) is 11.1 Å². The van der Waals surface area contributed by atoms with E-state index >= 15 is 0 Å². The summed E-state index contributed by atoms with van der Waals surface area (Å²) in [7, 11) is 0. The van der Waals surface area contributed by atoms with E-state index in [0.717, 1.165) is 24.4 Å². The first kappa shape index (κ1) is 16.8. The van der Waals surface area contributed by atoms with Crippen molar-refractivity contribution in [1.82, 2.24) is 4.98 Å². The summed E-state index contributed by atoms with van der Waals surface area (Å²) in [6, 6.07) is 6.41. The maximum Gasteiger partial charge on any atom is 0.433 e. The van der Waals surface area contributed by atoms with E-state index < -0.39 is 29.2 Å². The molecule has 120 valence electrons. The van der Waals surface area contributed by atoms with Crippen LogP contribution in [0.3, 0.4) is 0 Å². The minimum atomic E-state index is -4.85. The highest BCUT2D eigenvalue weighted by Gasteiger charge is 2.37. The smallest absolute Gasteiger partial charge is 0.251 e. The van der Waals surface area contributed by atoms with Crippen molar-refractivity contribution >= 4 is 0 Å². The van der Waals surface area contributed by atoms with Crippen molar-refractivity contribution in [2.24, 2.45) is 0 Å². The molecule has 1 heterocycles.